The van der Waals surface area contributed by atoms with E-state index in [-0.39, 0.29) is 6.54 Å². The Balaban J connectivity index is 2.02. The van der Waals surface area contributed by atoms with Gasteiger partial charge in [-0.3, -0.25) is 14.5 Å². The lowest BCUT2D eigenvalue weighted by Crippen LogP contribution is -2.30. The number of carbonyl (C=O) groups excluding carboxylic acids is 2. The Labute approximate surface area is 117 Å². The molecule has 0 N–H and O–H groups in total. The van der Waals surface area contributed by atoms with Gasteiger partial charge in [0.25, 0.3) is 11.7 Å². The normalized spacial score (nSPS) is 14.1. The number of halogens is 1. The van der Waals surface area contributed by atoms with Gasteiger partial charge in [0.1, 0.15) is 6.33 Å². The molecule has 6 nitrogen and oxygen atoms in total. The quantitative estimate of drug-likeness (QED) is 0.782. The average molecular weight is 321 g/mol. The van der Waals surface area contributed by atoms with Crippen LogP contribution in [0.3, 0.4) is 0 Å². The zero-order chi connectivity index (χ0) is 13.6. The molecule has 0 fully saturated rings. The molecule has 1 aromatic heterocycles. The van der Waals surface area contributed by atoms with E-state index < -0.39 is 11.7 Å². The largest absolute Gasteiger partial charge is 0.319 e. The molecule has 2 aromatic rings. The first-order chi connectivity index (χ1) is 9.08. The number of benzene rings is 1. The van der Waals surface area contributed by atoms with E-state index in [1.807, 2.05) is 0 Å². The van der Waals surface area contributed by atoms with E-state index in [4.69, 9.17) is 0 Å². The van der Waals surface area contributed by atoms with Gasteiger partial charge in [0.15, 0.2) is 5.82 Å². The van der Waals surface area contributed by atoms with E-state index in [2.05, 4.69) is 26.1 Å². The van der Waals surface area contributed by atoms with Crippen molar-refractivity contribution in [2.24, 2.45) is 7.05 Å². The third kappa shape index (κ3) is 1.86. The average Bonchev–Trinajstić information content (AvgIpc) is 2.88. The molecule has 1 aromatic carbocycles. The Bertz CT molecular complexity index is 695. The van der Waals surface area contributed by atoms with Crippen LogP contribution >= 0.6 is 15.9 Å². The van der Waals surface area contributed by atoms with Gasteiger partial charge < -0.3 is 4.57 Å². The monoisotopic (exact) mass is 320 g/mol. The van der Waals surface area contributed by atoms with E-state index in [0.717, 1.165) is 4.47 Å². The summed E-state index contributed by atoms with van der Waals surface area (Å²) in [5, 5.41) is 7.69. The number of Topliss-reactive ketones (excluding diaryl/α,β-unsaturated/α-hetero) is 1. The van der Waals surface area contributed by atoms with Crippen LogP contribution in [0.25, 0.3) is 0 Å². The summed E-state index contributed by atoms with van der Waals surface area (Å²) in [6, 6.07) is 5.21. The molecule has 1 aliphatic rings. The van der Waals surface area contributed by atoms with Crippen LogP contribution in [0, 0.1) is 0 Å². The number of anilines is 1. The smallest absolute Gasteiger partial charge is 0.299 e. The molecule has 0 bridgehead atoms. The summed E-state index contributed by atoms with van der Waals surface area (Å²) in [5.41, 5.74) is 1.03. The zero-order valence-electron chi connectivity index (χ0n) is 10.00. The van der Waals surface area contributed by atoms with Gasteiger partial charge >= 0.3 is 0 Å². The zero-order valence-corrected chi connectivity index (χ0v) is 11.6. The minimum Gasteiger partial charge on any atom is -0.319 e. The number of carbonyl (C=O) groups is 2. The summed E-state index contributed by atoms with van der Waals surface area (Å²) in [7, 11) is 1.79. The van der Waals surface area contributed by atoms with Crippen molar-refractivity contribution in [3.8, 4) is 0 Å². The minimum absolute atomic E-state index is 0.232. The van der Waals surface area contributed by atoms with E-state index in [1.54, 1.807) is 36.1 Å². The molecule has 1 amide bonds. The summed E-state index contributed by atoms with van der Waals surface area (Å²) in [6.45, 7) is 0.232. The lowest BCUT2D eigenvalue weighted by Gasteiger charge is -2.15. The molecule has 3 rings (SSSR count). The van der Waals surface area contributed by atoms with E-state index in [9.17, 15) is 9.59 Å². The van der Waals surface area contributed by atoms with Gasteiger partial charge in [0.05, 0.1) is 17.8 Å². The Morgan fingerprint density at radius 3 is 2.79 bits per heavy atom. The molecular formula is C12H9BrN4O2. The number of nitrogens with zero attached hydrogens (tertiary/aromatic N) is 4. The number of hydrogen-bond donors (Lipinski definition) is 0. The Kier molecular flexibility index (Phi) is 2.70. The van der Waals surface area contributed by atoms with Crippen molar-refractivity contribution in [3.63, 3.8) is 0 Å². The fourth-order valence-electron chi connectivity index (χ4n) is 2.02. The van der Waals surface area contributed by atoms with Crippen molar-refractivity contribution in [3.05, 3.63) is 40.4 Å². The first kappa shape index (κ1) is 12.0. The second-order valence-corrected chi connectivity index (χ2v) is 5.16. The Morgan fingerprint density at radius 1 is 1.32 bits per heavy atom. The number of aromatic nitrogens is 3. The van der Waals surface area contributed by atoms with Gasteiger partial charge in [0.2, 0.25) is 0 Å². The third-order valence-corrected chi connectivity index (χ3v) is 3.53. The molecule has 0 radical (unpaired) electrons. The number of aryl methyl sites for hydroxylation is 1. The van der Waals surface area contributed by atoms with E-state index >= 15 is 0 Å². The molecule has 2 heterocycles. The van der Waals surface area contributed by atoms with Crippen LogP contribution in [0.4, 0.5) is 5.69 Å². The summed E-state index contributed by atoms with van der Waals surface area (Å²) in [5.74, 6) is -0.397. The Morgan fingerprint density at radius 2 is 2.11 bits per heavy atom. The van der Waals surface area contributed by atoms with Gasteiger partial charge in [-0.15, -0.1) is 10.2 Å². The molecular weight excluding hydrogens is 312 g/mol. The highest BCUT2D eigenvalue weighted by molar-refractivity contribution is 9.10. The highest BCUT2D eigenvalue weighted by Crippen LogP contribution is 2.32. The van der Waals surface area contributed by atoms with Crippen molar-refractivity contribution in [2.75, 3.05) is 4.90 Å². The van der Waals surface area contributed by atoms with Gasteiger partial charge in [-0.1, -0.05) is 15.9 Å². The van der Waals surface area contributed by atoms with Crippen LogP contribution in [0.15, 0.2) is 29.0 Å². The fraction of sp³-hybridized carbons (Fsp3) is 0.167. The van der Waals surface area contributed by atoms with Crippen molar-refractivity contribution in [2.45, 2.75) is 6.54 Å². The molecule has 0 saturated heterocycles. The number of fused-ring (bicyclic) bond motifs is 1. The lowest BCUT2D eigenvalue weighted by atomic mass is 10.1. The summed E-state index contributed by atoms with van der Waals surface area (Å²) < 4.78 is 2.49. The number of amides is 1. The minimum atomic E-state index is -0.531. The maximum Gasteiger partial charge on any atom is 0.299 e. The van der Waals surface area contributed by atoms with E-state index in [0.29, 0.717) is 17.1 Å². The standard InChI is InChI=1S/C12H9BrN4O2/c1-16-6-14-15-10(16)5-17-9-3-2-7(13)4-8(9)11(18)12(17)19/h2-4,6H,5H2,1H3. The molecule has 0 saturated carbocycles. The summed E-state index contributed by atoms with van der Waals surface area (Å²) in [4.78, 5) is 25.4. The molecule has 0 aliphatic carbocycles. The van der Waals surface area contributed by atoms with Crippen molar-refractivity contribution >= 4 is 33.3 Å². The van der Waals surface area contributed by atoms with Crippen LogP contribution in [-0.2, 0) is 18.4 Å². The number of hydrogen-bond acceptors (Lipinski definition) is 4. The molecule has 19 heavy (non-hydrogen) atoms. The highest BCUT2D eigenvalue weighted by atomic mass is 79.9. The van der Waals surface area contributed by atoms with Gasteiger partial charge in [-0.25, -0.2) is 0 Å². The van der Waals surface area contributed by atoms with E-state index in [1.165, 1.54) is 4.90 Å². The van der Waals surface area contributed by atoms with Crippen LogP contribution in [0.1, 0.15) is 16.2 Å². The van der Waals surface area contributed by atoms with Gasteiger partial charge in [-0.2, -0.15) is 0 Å². The number of rotatable bonds is 2. The molecule has 7 heteroatoms. The maximum atomic E-state index is 12.0. The lowest BCUT2D eigenvalue weighted by molar-refractivity contribution is -0.114. The fourth-order valence-corrected chi connectivity index (χ4v) is 2.38. The first-order valence-corrected chi connectivity index (χ1v) is 6.36. The topological polar surface area (TPSA) is 68.1 Å². The van der Waals surface area contributed by atoms with Crippen LogP contribution in [0.2, 0.25) is 0 Å². The van der Waals surface area contributed by atoms with Crippen LogP contribution < -0.4 is 4.90 Å². The van der Waals surface area contributed by atoms with Crippen molar-refractivity contribution in [1.82, 2.24) is 14.8 Å². The summed E-state index contributed by atoms with van der Waals surface area (Å²) >= 11 is 3.30. The van der Waals surface area contributed by atoms with Crippen molar-refractivity contribution < 1.29 is 9.59 Å². The predicted octanol–water partition coefficient (Wildman–Crippen LogP) is 1.31. The molecule has 0 spiro atoms. The van der Waals surface area contributed by atoms with Crippen LogP contribution in [0.5, 0.6) is 0 Å². The molecule has 96 valence electrons. The molecule has 1 aliphatic heterocycles. The number of ketones is 1. The van der Waals surface area contributed by atoms with Crippen molar-refractivity contribution in [1.29, 1.82) is 0 Å². The second kappa shape index (κ2) is 4.27. The van der Waals surface area contributed by atoms with Gasteiger partial charge in [0, 0.05) is 11.5 Å². The Hall–Kier alpha value is -2.02. The highest BCUT2D eigenvalue weighted by Gasteiger charge is 2.36. The first-order valence-electron chi connectivity index (χ1n) is 5.56. The maximum absolute atomic E-state index is 12.0. The van der Waals surface area contributed by atoms with Crippen LogP contribution in [-0.4, -0.2) is 26.5 Å². The molecule has 0 unspecified atom stereocenters. The third-order valence-electron chi connectivity index (χ3n) is 3.04. The predicted molar refractivity (Wildman–Crippen MR) is 70.7 cm³/mol. The second-order valence-electron chi connectivity index (χ2n) is 4.24. The summed E-state index contributed by atoms with van der Waals surface area (Å²) in [6.07, 6.45) is 1.56. The molecule has 0 atom stereocenters. The SMILES string of the molecule is Cn1cnnc1CN1C(=O)C(=O)c2cc(Br)ccc21. The van der Waals surface area contributed by atoms with Gasteiger partial charge in [-0.05, 0) is 18.2 Å².